The van der Waals surface area contributed by atoms with Crippen molar-refractivity contribution in [2.45, 2.75) is 38.5 Å². The summed E-state index contributed by atoms with van der Waals surface area (Å²) in [5.74, 6) is -1.67. The zero-order valence-corrected chi connectivity index (χ0v) is 11.1. The van der Waals surface area contributed by atoms with Crippen LogP contribution in [0.5, 0.6) is 0 Å². The number of esters is 1. The first-order valence-electron chi connectivity index (χ1n) is 6.26. The van der Waals surface area contributed by atoms with Crippen LogP contribution in [0.25, 0.3) is 0 Å². The second-order valence-corrected chi connectivity index (χ2v) is 4.02. The number of aliphatic hydroxyl groups is 1. The van der Waals surface area contributed by atoms with E-state index in [2.05, 4.69) is 10.1 Å². The fraction of sp³-hybridized carbons (Fsp3) is 0.667. The van der Waals surface area contributed by atoms with Crippen molar-refractivity contribution in [2.75, 3.05) is 13.2 Å². The van der Waals surface area contributed by atoms with Gasteiger partial charge in [0.2, 0.25) is 11.8 Å². The summed E-state index contributed by atoms with van der Waals surface area (Å²) in [7, 11) is 0. The molecule has 1 aliphatic heterocycles. The zero-order chi connectivity index (χ0) is 15.4. The molecule has 1 heterocycles. The summed E-state index contributed by atoms with van der Waals surface area (Å²) in [5.41, 5.74) is 0. The Hall–Kier alpha value is -1.96. The Kier molecular flexibility index (Phi) is 9.85. The number of imide groups is 1. The molecular formula is C12H19NO7. The number of piperidine rings is 1. The van der Waals surface area contributed by atoms with E-state index < -0.39 is 11.9 Å². The van der Waals surface area contributed by atoms with E-state index in [-0.39, 0.29) is 44.3 Å². The van der Waals surface area contributed by atoms with Crippen molar-refractivity contribution in [1.29, 1.82) is 0 Å². The molecule has 0 aromatic rings. The molecule has 0 spiro atoms. The van der Waals surface area contributed by atoms with E-state index in [9.17, 15) is 19.2 Å². The van der Waals surface area contributed by atoms with Crippen molar-refractivity contribution >= 4 is 23.8 Å². The second kappa shape index (κ2) is 10.9. The largest absolute Gasteiger partial charge is 0.481 e. The molecule has 0 aromatic carbocycles. The first-order valence-corrected chi connectivity index (χ1v) is 6.26. The number of carboxylic acids is 1. The highest BCUT2D eigenvalue weighted by atomic mass is 16.5. The number of carbonyl (C=O) groups is 4. The SMILES string of the molecule is O=C(O)CCCC(=O)OCCO.O=C1CCCC(=O)N1. The lowest BCUT2D eigenvalue weighted by atomic mass is 10.1. The van der Waals surface area contributed by atoms with E-state index >= 15 is 0 Å². The monoisotopic (exact) mass is 289 g/mol. The van der Waals surface area contributed by atoms with Crippen molar-refractivity contribution in [3.8, 4) is 0 Å². The molecule has 0 aromatic heterocycles. The number of nitrogens with one attached hydrogen (secondary N) is 1. The van der Waals surface area contributed by atoms with Gasteiger partial charge in [0.1, 0.15) is 6.61 Å². The third kappa shape index (κ3) is 11.1. The average Bonchev–Trinajstić information content (AvgIpc) is 2.36. The third-order valence-electron chi connectivity index (χ3n) is 2.21. The van der Waals surface area contributed by atoms with E-state index in [0.717, 1.165) is 0 Å². The van der Waals surface area contributed by atoms with Gasteiger partial charge < -0.3 is 14.9 Å². The van der Waals surface area contributed by atoms with E-state index in [4.69, 9.17) is 10.2 Å². The Bertz CT molecular complexity index is 340. The molecule has 0 bridgehead atoms. The van der Waals surface area contributed by atoms with Gasteiger partial charge in [-0.2, -0.15) is 0 Å². The molecule has 3 N–H and O–H groups in total. The van der Waals surface area contributed by atoms with Crippen LogP contribution in [0.3, 0.4) is 0 Å². The van der Waals surface area contributed by atoms with Crippen molar-refractivity contribution in [2.24, 2.45) is 0 Å². The number of hydrogen-bond donors (Lipinski definition) is 3. The van der Waals surface area contributed by atoms with Crippen molar-refractivity contribution in [3.05, 3.63) is 0 Å². The van der Waals surface area contributed by atoms with Crippen LogP contribution in [0.2, 0.25) is 0 Å². The molecule has 0 aliphatic carbocycles. The maximum Gasteiger partial charge on any atom is 0.305 e. The summed E-state index contributed by atoms with van der Waals surface area (Å²) in [6, 6.07) is 0. The number of carboxylic acid groups (broad SMARTS) is 1. The molecule has 114 valence electrons. The smallest absolute Gasteiger partial charge is 0.305 e. The van der Waals surface area contributed by atoms with Crippen molar-refractivity contribution in [3.63, 3.8) is 0 Å². The minimum atomic E-state index is -0.926. The van der Waals surface area contributed by atoms with Crippen LogP contribution in [-0.2, 0) is 23.9 Å². The molecule has 0 atom stereocenters. The topological polar surface area (TPSA) is 130 Å². The first kappa shape index (κ1) is 18.0. The van der Waals surface area contributed by atoms with Crippen LogP contribution in [0, 0.1) is 0 Å². The number of rotatable bonds is 6. The molecule has 1 fully saturated rings. The lowest BCUT2D eigenvalue weighted by Gasteiger charge is -2.07. The molecule has 0 saturated carbocycles. The van der Waals surface area contributed by atoms with E-state index in [1.807, 2.05) is 0 Å². The third-order valence-corrected chi connectivity index (χ3v) is 2.21. The van der Waals surface area contributed by atoms with Gasteiger partial charge >= 0.3 is 11.9 Å². The number of aliphatic hydroxyl groups excluding tert-OH is 1. The Balaban J connectivity index is 0.000000388. The number of hydrogen-bond acceptors (Lipinski definition) is 6. The highest BCUT2D eigenvalue weighted by Gasteiger charge is 2.13. The fourth-order valence-electron chi connectivity index (χ4n) is 1.31. The molecule has 8 nitrogen and oxygen atoms in total. The van der Waals surface area contributed by atoms with Crippen LogP contribution in [0.4, 0.5) is 0 Å². The maximum absolute atomic E-state index is 10.7. The Morgan fingerprint density at radius 3 is 2.15 bits per heavy atom. The summed E-state index contributed by atoms with van der Waals surface area (Å²) in [6.45, 7) is -0.226. The van der Waals surface area contributed by atoms with Crippen LogP contribution >= 0.6 is 0 Å². The minimum Gasteiger partial charge on any atom is -0.481 e. The Morgan fingerprint density at radius 1 is 1.15 bits per heavy atom. The standard InChI is InChI=1S/C7H12O5.C5H7NO2/c8-4-5-12-7(11)3-1-2-6(9)10;7-4-2-1-3-5(8)6-4/h8H,1-5H2,(H,9,10);1-3H2,(H,6,7,8). The molecule has 2 amide bonds. The number of aliphatic carboxylic acids is 1. The average molecular weight is 289 g/mol. The minimum absolute atomic E-state index is 0.0219. The van der Waals surface area contributed by atoms with Crippen molar-refractivity contribution in [1.82, 2.24) is 5.32 Å². The van der Waals surface area contributed by atoms with Gasteiger partial charge in [0, 0.05) is 25.7 Å². The second-order valence-electron chi connectivity index (χ2n) is 4.02. The highest BCUT2D eigenvalue weighted by molar-refractivity contribution is 5.97. The van der Waals surface area contributed by atoms with Gasteiger partial charge in [0.25, 0.3) is 0 Å². The van der Waals surface area contributed by atoms with E-state index in [1.54, 1.807) is 0 Å². The van der Waals surface area contributed by atoms with E-state index in [1.165, 1.54) is 0 Å². The lowest BCUT2D eigenvalue weighted by molar-refractivity contribution is -0.145. The maximum atomic E-state index is 10.7. The normalized spacial score (nSPS) is 13.8. The number of carbonyl (C=O) groups excluding carboxylic acids is 3. The molecular weight excluding hydrogens is 270 g/mol. The van der Waals surface area contributed by atoms with Crippen LogP contribution in [-0.4, -0.2) is 47.2 Å². The Labute approximate surface area is 116 Å². The lowest BCUT2D eigenvalue weighted by Crippen LogP contribution is -2.33. The van der Waals surface area contributed by atoms with Crippen LogP contribution < -0.4 is 5.32 Å². The van der Waals surface area contributed by atoms with Crippen LogP contribution in [0.1, 0.15) is 38.5 Å². The van der Waals surface area contributed by atoms with Gasteiger partial charge in [-0.05, 0) is 12.8 Å². The summed E-state index contributed by atoms with van der Waals surface area (Å²) in [5, 5.41) is 18.7. The predicted octanol–water partition coefficient (Wildman–Crippen LogP) is -0.410. The summed E-state index contributed by atoms with van der Waals surface area (Å²) in [4.78, 5) is 41.3. The van der Waals surface area contributed by atoms with Gasteiger partial charge in [-0.25, -0.2) is 0 Å². The quantitative estimate of drug-likeness (QED) is 0.447. The first-order chi connectivity index (χ1) is 9.45. The van der Waals surface area contributed by atoms with Gasteiger partial charge in [0.15, 0.2) is 0 Å². The number of ether oxygens (including phenoxy) is 1. The highest BCUT2D eigenvalue weighted by Crippen LogP contribution is 2.00. The van der Waals surface area contributed by atoms with Crippen LogP contribution in [0.15, 0.2) is 0 Å². The molecule has 20 heavy (non-hydrogen) atoms. The van der Waals surface area contributed by atoms with Gasteiger partial charge in [-0.1, -0.05) is 0 Å². The predicted molar refractivity (Wildman–Crippen MR) is 66.5 cm³/mol. The summed E-state index contributed by atoms with van der Waals surface area (Å²) < 4.78 is 4.49. The fourth-order valence-corrected chi connectivity index (χ4v) is 1.31. The van der Waals surface area contributed by atoms with Crippen molar-refractivity contribution < 1.29 is 34.1 Å². The molecule has 0 unspecified atom stereocenters. The molecule has 1 saturated heterocycles. The van der Waals surface area contributed by atoms with Gasteiger partial charge in [-0.15, -0.1) is 0 Å². The summed E-state index contributed by atoms with van der Waals surface area (Å²) in [6.07, 6.45) is 2.06. The van der Waals surface area contributed by atoms with E-state index in [0.29, 0.717) is 19.3 Å². The Morgan fingerprint density at radius 2 is 1.75 bits per heavy atom. The molecule has 1 aliphatic rings. The zero-order valence-electron chi connectivity index (χ0n) is 11.1. The van der Waals surface area contributed by atoms with Gasteiger partial charge in [-0.3, -0.25) is 24.5 Å². The molecule has 0 radical (unpaired) electrons. The molecule has 8 heteroatoms. The molecule has 1 rings (SSSR count). The number of amides is 2. The van der Waals surface area contributed by atoms with Gasteiger partial charge in [0.05, 0.1) is 6.61 Å². The summed E-state index contributed by atoms with van der Waals surface area (Å²) >= 11 is 0.